The van der Waals surface area contributed by atoms with E-state index in [0.29, 0.717) is 11.3 Å². The van der Waals surface area contributed by atoms with Crippen molar-refractivity contribution in [2.24, 2.45) is 0 Å². The fourth-order valence-electron chi connectivity index (χ4n) is 2.52. The Labute approximate surface area is 161 Å². The van der Waals surface area contributed by atoms with Gasteiger partial charge in [-0.3, -0.25) is 30.1 Å². The number of nitrogens with zero attached hydrogens (tertiary/aromatic N) is 1. The van der Waals surface area contributed by atoms with Crippen molar-refractivity contribution in [1.82, 2.24) is 10.3 Å². The summed E-state index contributed by atoms with van der Waals surface area (Å²) in [6.45, 7) is 0.218. The molecule has 6 nitrogen and oxygen atoms in total. The second-order valence-corrected chi connectivity index (χ2v) is 6.88. The molecule has 0 unspecified atom stereocenters. The summed E-state index contributed by atoms with van der Waals surface area (Å²) in [6.07, 6.45) is 2.32. The van der Waals surface area contributed by atoms with Gasteiger partial charge in [0.25, 0.3) is 11.1 Å². The Kier molecular flexibility index (Phi) is 6.27. The number of hydrazine groups is 1. The molecule has 1 aliphatic heterocycles. The molecule has 0 bridgehead atoms. The topological polar surface area (TPSA) is 78.5 Å². The van der Waals surface area contributed by atoms with Gasteiger partial charge in [-0.05, 0) is 42.0 Å². The largest absolute Gasteiger partial charge is 0.299 e. The van der Waals surface area contributed by atoms with E-state index in [1.807, 2.05) is 60.7 Å². The molecule has 1 aliphatic rings. The van der Waals surface area contributed by atoms with Crippen molar-refractivity contribution in [2.45, 2.75) is 12.8 Å². The lowest BCUT2D eigenvalue weighted by Crippen LogP contribution is -2.32. The van der Waals surface area contributed by atoms with E-state index < -0.39 is 0 Å². The van der Waals surface area contributed by atoms with Crippen LogP contribution in [-0.2, 0) is 9.59 Å². The molecule has 2 N–H and O–H groups in total. The normalized spacial score (nSPS) is 15.3. The van der Waals surface area contributed by atoms with Gasteiger partial charge in [0.2, 0.25) is 5.91 Å². The summed E-state index contributed by atoms with van der Waals surface area (Å²) < 4.78 is 0. The van der Waals surface area contributed by atoms with Crippen LogP contribution in [0.5, 0.6) is 0 Å². The standard InChI is InChI=1S/C20H19N3O3S/c24-18(22-21-16-10-5-2-6-11-16)12-7-13-23-19(25)17(27-20(23)26)14-15-8-3-1-4-9-15/h1-6,8-11,14,21H,7,12-13H2,(H,22,24)/b17-14-. The van der Waals surface area contributed by atoms with Crippen LogP contribution in [0.3, 0.4) is 0 Å². The minimum Gasteiger partial charge on any atom is -0.299 e. The van der Waals surface area contributed by atoms with Gasteiger partial charge in [0, 0.05) is 13.0 Å². The van der Waals surface area contributed by atoms with Gasteiger partial charge in [-0.25, -0.2) is 0 Å². The lowest BCUT2D eigenvalue weighted by atomic mass is 10.2. The highest BCUT2D eigenvalue weighted by atomic mass is 32.2. The number of carbonyl (C=O) groups is 3. The number of benzene rings is 2. The summed E-state index contributed by atoms with van der Waals surface area (Å²) in [4.78, 5) is 38.0. The number of hydrogen-bond donors (Lipinski definition) is 2. The molecule has 2 aromatic rings. The number of nitrogens with one attached hydrogen (secondary N) is 2. The molecule has 0 saturated carbocycles. The first kappa shape index (κ1) is 18.7. The monoisotopic (exact) mass is 381 g/mol. The summed E-state index contributed by atoms with van der Waals surface area (Å²) in [7, 11) is 0. The maximum absolute atomic E-state index is 12.4. The van der Waals surface area contributed by atoms with Crippen LogP contribution in [-0.4, -0.2) is 28.5 Å². The molecule has 27 heavy (non-hydrogen) atoms. The van der Waals surface area contributed by atoms with Crippen molar-refractivity contribution in [1.29, 1.82) is 0 Å². The average Bonchev–Trinajstić information content (AvgIpc) is 2.95. The summed E-state index contributed by atoms with van der Waals surface area (Å²) in [5.74, 6) is -0.512. The number of imide groups is 1. The molecular weight excluding hydrogens is 362 g/mol. The second kappa shape index (κ2) is 9.05. The van der Waals surface area contributed by atoms with Crippen molar-refractivity contribution >= 4 is 40.6 Å². The van der Waals surface area contributed by atoms with Crippen LogP contribution in [0.25, 0.3) is 6.08 Å². The predicted molar refractivity (Wildman–Crippen MR) is 107 cm³/mol. The Balaban J connectivity index is 1.46. The molecular formula is C20H19N3O3S. The molecule has 0 aromatic heterocycles. The van der Waals surface area contributed by atoms with Crippen LogP contribution in [0, 0.1) is 0 Å². The van der Waals surface area contributed by atoms with E-state index in [1.54, 1.807) is 6.08 Å². The molecule has 1 saturated heterocycles. The number of carbonyl (C=O) groups excluding carboxylic acids is 3. The van der Waals surface area contributed by atoms with Gasteiger partial charge < -0.3 is 0 Å². The van der Waals surface area contributed by atoms with Gasteiger partial charge in [-0.2, -0.15) is 0 Å². The zero-order valence-electron chi connectivity index (χ0n) is 14.6. The Morgan fingerprint density at radius 2 is 1.67 bits per heavy atom. The molecule has 3 amide bonds. The maximum atomic E-state index is 12.4. The van der Waals surface area contributed by atoms with Crippen molar-refractivity contribution in [3.8, 4) is 0 Å². The van der Waals surface area contributed by atoms with Crippen molar-refractivity contribution in [3.63, 3.8) is 0 Å². The molecule has 0 aliphatic carbocycles. The third-order valence-electron chi connectivity index (χ3n) is 3.88. The minimum absolute atomic E-state index is 0.203. The number of thioether (sulfide) groups is 1. The summed E-state index contributed by atoms with van der Waals surface area (Å²) in [5, 5.41) is -0.301. The molecule has 3 rings (SSSR count). The number of anilines is 1. The second-order valence-electron chi connectivity index (χ2n) is 5.89. The first-order valence-corrected chi connectivity index (χ1v) is 9.35. The first-order chi connectivity index (χ1) is 13.1. The van der Waals surface area contributed by atoms with E-state index in [4.69, 9.17) is 0 Å². The van der Waals surface area contributed by atoms with E-state index in [-0.39, 0.29) is 30.0 Å². The molecule has 7 heteroatoms. The predicted octanol–water partition coefficient (Wildman–Crippen LogP) is 3.65. The average molecular weight is 381 g/mol. The highest BCUT2D eigenvalue weighted by Crippen LogP contribution is 2.32. The number of para-hydroxylation sites is 1. The fraction of sp³-hybridized carbons (Fsp3) is 0.150. The Hall–Kier alpha value is -3.06. The molecule has 138 valence electrons. The Morgan fingerprint density at radius 3 is 2.37 bits per heavy atom. The molecule has 0 spiro atoms. The van der Waals surface area contributed by atoms with Gasteiger partial charge in [-0.15, -0.1) is 0 Å². The van der Waals surface area contributed by atoms with E-state index in [2.05, 4.69) is 10.9 Å². The van der Waals surface area contributed by atoms with E-state index in [9.17, 15) is 14.4 Å². The summed E-state index contributed by atoms with van der Waals surface area (Å²) in [5.41, 5.74) is 7.06. The summed E-state index contributed by atoms with van der Waals surface area (Å²) >= 11 is 0.929. The van der Waals surface area contributed by atoms with Gasteiger partial charge >= 0.3 is 0 Å². The highest BCUT2D eigenvalue weighted by Gasteiger charge is 2.34. The molecule has 0 radical (unpaired) electrons. The van der Waals surface area contributed by atoms with Crippen LogP contribution in [0.4, 0.5) is 10.5 Å². The van der Waals surface area contributed by atoms with Crippen molar-refractivity contribution in [2.75, 3.05) is 12.0 Å². The van der Waals surface area contributed by atoms with Crippen molar-refractivity contribution in [3.05, 3.63) is 71.1 Å². The number of hydrogen-bond acceptors (Lipinski definition) is 5. The lowest BCUT2D eigenvalue weighted by molar-refractivity contribution is -0.124. The van der Waals surface area contributed by atoms with Gasteiger partial charge in [0.1, 0.15) is 0 Å². The Bertz CT molecular complexity index is 853. The van der Waals surface area contributed by atoms with Gasteiger partial charge in [0.05, 0.1) is 10.6 Å². The van der Waals surface area contributed by atoms with Gasteiger partial charge in [0.15, 0.2) is 0 Å². The first-order valence-electron chi connectivity index (χ1n) is 8.54. The number of amides is 3. The zero-order chi connectivity index (χ0) is 19.1. The molecule has 1 heterocycles. The van der Waals surface area contributed by atoms with Crippen LogP contribution < -0.4 is 10.9 Å². The van der Waals surface area contributed by atoms with Gasteiger partial charge in [-0.1, -0.05) is 48.5 Å². The highest BCUT2D eigenvalue weighted by molar-refractivity contribution is 8.18. The third-order valence-corrected chi connectivity index (χ3v) is 4.78. The molecule has 1 fully saturated rings. The van der Waals surface area contributed by atoms with Crippen LogP contribution >= 0.6 is 11.8 Å². The molecule has 0 atom stereocenters. The Morgan fingerprint density at radius 1 is 1.00 bits per heavy atom. The number of rotatable bonds is 7. The maximum Gasteiger partial charge on any atom is 0.293 e. The minimum atomic E-state index is -0.309. The van der Waals surface area contributed by atoms with Crippen LogP contribution in [0.15, 0.2) is 65.6 Å². The lowest BCUT2D eigenvalue weighted by Gasteiger charge is -2.12. The zero-order valence-corrected chi connectivity index (χ0v) is 15.4. The third kappa shape index (κ3) is 5.21. The van der Waals surface area contributed by atoms with E-state index in [1.165, 1.54) is 4.90 Å². The smallest absolute Gasteiger partial charge is 0.293 e. The SMILES string of the molecule is O=C(CCCN1C(=O)S/C(=C\c2ccccc2)C1=O)NNc1ccccc1. The summed E-state index contributed by atoms with van der Waals surface area (Å²) in [6, 6.07) is 18.6. The fourth-order valence-corrected chi connectivity index (χ4v) is 3.38. The van der Waals surface area contributed by atoms with Crippen LogP contribution in [0.2, 0.25) is 0 Å². The quantitative estimate of drug-likeness (QED) is 0.565. The van der Waals surface area contributed by atoms with E-state index in [0.717, 1.165) is 23.0 Å². The van der Waals surface area contributed by atoms with E-state index >= 15 is 0 Å². The van der Waals surface area contributed by atoms with Crippen LogP contribution in [0.1, 0.15) is 18.4 Å². The van der Waals surface area contributed by atoms with Crippen molar-refractivity contribution < 1.29 is 14.4 Å². The molecule has 2 aromatic carbocycles.